The van der Waals surface area contributed by atoms with Crippen LogP contribution in [0.15, 0.2) is 83.9 Å². The number of halogens is 2. The first-order valence-electron chi connectivity index (χ1n) is 9.14. The first-order valence-corrected chi connectivity index (χ1v) is 9.93. The Morgan fingerprint density at radius 1 is 0.903 bits per heavy atom. The monoisotopic (exact) mass is 479 g/mol. The molecule has 2 N–H and O–H groups in total. The van der Waals surface area contributed by atoms with Crippen LogP contribution in [0.5, 0.6) is 0 Å². The van der Waals surface area contributed by atoms with Crippen LogP contribution in [0.4, 0.5) is 15.8 Å². The maximum absolute atomic E-state index is 14.4. The van der Waals surface area contributed by atoms with Gasteiger partial charge in [0.15, 0.2) is 5.82 Å². The molecular formula is C22H15BrFN5O2. The minimum absolute atomic E-state index is 0.205. The fraction of sp³-hybridized carbons (Fsp3) is 0. The first kappa shape index (κ1) is 20.4. The van der Waals surface area contributed by atoms with E-state index in [4.69, 9.17) is 0 Å². The maximum atomic E-state index is 14.4. The number of anilines is 2. The summed E-state index contributed by atoms with van der Waals surface area (Å²) in [6, 6.07) is 17.8. The molecule has 3 aromatic carbocycles. The van der Waals surface area contributed by atoms with E-state index in [-0.39, 0.29) is 22.8 Å². The molecule has 0 spiro atoms. The molecule has 0 aliphatic heterocycles. The Kier molecular flexibility index (Phi) is 5.85. The number of nitrogens with one attached hydrogen (secondary N) is 2. The number of amides is 2. The Morgan fingerprint density at radius 2 is 1.61 bits per heavy atom. The molecule has 0 bridgehead atoms. The summed E-state index contributed by atoms with van der Waals surface area (Å²) < 4.78 is 16.4. The van der Waals surface area contributed by atoms with E-state index in [0.29, 0.717) is 15.7 Å². The van der Waals surface area contributed by atoms with Crippen molar-refractivity contribution in [2.24, 2.45) is 0 Å². The zero-order chi connectivity index (χ0) is 21.8. The third-order valence-corrected chi connectivity index (χ3v) is 5.10. The third kappa shape index (κ3) is 4.51. The fourth-order valence-corrected chi connectivity index (χ4v) is 3.39. The van der Waals surface area contributed by atoms with E-state index in [1.807, 2.05) is 0 Å². The molecule has 4 aromatic rings. The predicted octanol–water partition coefficient (Wildman–Crippen LogP) is 4.67. The Hall–Kier alpha value is -3.85. The van der Waals surface area contributed by atoms with Crippen molar-refractivity contribution in [1.29, 1.82) is 0 Å². The quantitative estimate of drug-likeness (QED) is 0.435. The average molecular weight is 480 g/mol. The molecule has 7 nitrogen and oxygen atoms in total. The minimum Gasteiger partial charge on any atom is -0.322 e. The molecule has 1 heterocycles. The molecule has 9 heteroatoms. The number of aromatic nitrogens is 3. The van der Waals surface area contributed by atoms with Crippen molar-refractivity contribution in [3.63, 3.8) is 0 Å². The van der Waals surface area contributed by atoms with Crippen molar-refractivity contribution in [2.45, 2.75) is 0 Å². The second kappa shape index (κ2) is 8.88. The smallest absolute Gasteiger partial charge is 0.257 e. The van der Waals surface area contributed by atoms with Gasteiger partial charge in [-0.3, -0.25) is 9.59 Å². The zero-order valence-corrected chi connectivity index (χ0v) is 17.5. The van der Waals surface area contributed by atoms with Crippen LogP contribution >= 0.6 is 15.9 Å². The van der Waals surface area contributed by atoms with Crippen LogP contribution in [0.25, 0.3) is 5.69 Å². The Morgan fingerprint density at radius 3 is 2.32 bits per heavy atom. The number of para-hydroxylation sites is 1. The van der Waals surface area contributed by atoms with Gasteiger partial charge in [-0.05, 0) is 58.4 Å². The van der Waals surface area contributed by atoms with Gasteiger partial charge in [-0.15, -0.1) is 0 Å². The lowest BCUT2D eigenvalue weighted by molar-refractivity contribution is 0.102. The van der Waals surface area contributed by atoms with Crippen molar-refractivity contribution in [3.8, 4) is 5.69 Å². The van der Waals surface area contributed by atoms with Crippen LogP contribution in [-0.2, 0) is 0 Å². The summed E-state index contributed by atoms with van der Waals surface area (Å²) in [5.41, 5.74) is 1.47. The van der Waals surface area contributed by atoms with E-state index < -0.39 is 11.7 Å². The van der Waals surface area contributed by atoms with E-state index in [1.54, 1.807) is 54.6 Å². The number of carbonyl (C=O) groups excluding carboxylic acids is 2. The van der Waals surface area contributed by atoms with Gasteiger partial charge in [0.05, 0.1) is 16.8 Å². The van der Waals surface area contributed by atoms with Gasteiger partial charge >= 0.3 is 0 Å². The fourth-order valence-electron chi connectivity index (χ4n) is 2.93. The lowest BCUT2D eigenvalue weighted by Crippen LogP contribution is -2.18. The molecule has 1 aromatic heterocycles. The van der Waals surface area contributed by atoms with Crippen LogP contribution in [0.2, 0.25) is 0 Å². The second-order valence-corrected chi connectivity index (χ2v) is 7.29. The molecule has 2 amide bonds. The Labute approximate surface area is 185 Å². The number of hydrogen-bond donors (Lipinski definition) is 2. The maximum Gasteiger partial charge on any atom is 0.257 e. The molecule has 31 heavy (non-hydrogen) atoms. The van der Waals surface area contributed by atoms with E-state index in [0.717, 1.165) is 0 Å². The molecule has 0 aliphatic carbocycles. The number of benzene rings is 3. The summed E-state index contributed by atoms with van der Waals surface area (Å²) in [5, 5.41) is 9.29. The van der Waals surface area contributed by atoms with Gasteiger partial charge in [-0.2, -0.15) is 5.10 Å². The van der Waals surface area contributed by atoms with Gasteiger partial charge in [0.25, 0.3) is 11.8 Å². The van der Waals surface area contributed by atoms with Gasteiger partial charge in [-0.25, -0.2) is 14.1 Å². The van der Waals surface area contributed by atoms with E-state index in [2.05, 4.69) is 36.6 Å². The van der Waals surface area contributed by atoms with Gasteiger partial charge in [0.1, 0.15) is 18.3 Å². The lowest BCUT2D eigenvalue weighted by Gasteiger charge is -2.13. The normalized spacial score (nSPS) is 10.5. The predicted molar refractivity (Wildman–Crippen MR) is 118 cm³/mol. The summed E-state index contributed by atoms with van der Waals surface area (Å²) in [4.78, 5) is 29.2. The molecular weight excluding hydrogens is 465 g/mol. The van der Waals surface area contributed by atoms with Crippen molar-refractivity contribution in [2.75, 3.05) is 10.6 Å². The van der Waals surface area contributed by atoms with Gasteiger partial charge in [-0.1, -0.05) is 24.3 Å². The average Bonchev–Trinajstić information content (AvgIpc) is 3.29. The van der Waals surface area contributed by atoms with Crippen molar-refractivity contribution in [3.05, 3.63) is 101 Å². The van der Waals surface area contributed by atoms with E-state index >= 15 is 0 Å². The van der Waals surface area contributed by atoms with Crippen LogP contribution in [0.1, 0.15) is 20.7 Å². The number of hydrogen-bond acceptors (Lipinski definition) is 4. The van der Waals surface area contributed by atoms with Crippen LogP contribution in [0, 0.1) is 5.82 Å². The molecule has 0 aliphatic rings. The van der Waals surface area contributed by atoms with Gasteiger partial charge in [0, 0.05) is 10.2 Å². The first-order chi connectivity index (χ1) is 15.0. The molecule has 0 unspecified atom stereocenters. The van der Waals surface area contributed by atoms with Crippen LogP contribution in [0.3, 0.4) is 0 Å². The van der Waals surface area contributed by atoms with Crippen molar-refractivity contribution >= 4 is 39.1 Å². The van der Waals surface area contributed by atoms with E-state index in [1.165, 1.54) is 29.5 Å². The Bertz CT molecular complexity index is 1260. The highest BCUT2D eigenvalue weighted by molar-refractivity contribution is 9.10. The SMILES string of the molecule is O=C(Nc1ccccc1C(=O)Nc1ccc(-n2cncn2)c(F)c1)c1ccccc1Br. The largest absolute Gasteiger partial charge is 0.322 e. The minimum atomic E-state index is -0.571. The van der Waals surface area contributed by atoms with Crippen molar-refractivity contribution < 1.29 is 14.0 Å². The summed E-state index contributed by atoms with van der Waals surface area (Å²) in [6.45, 7) is 0. The molecule has 0 saturated heterocycles. The number of nitrogens with zero attached hydrogens (tertiary/aromatic N) is 3. The van der Waals surface area contributed by atoms with E-state index in [9.17, 15) is 14.0 Å². The summed E-state index contributed by atoms with van der Waals surface area (Å²) >= 11 is 3.34. The number of carbonyl (C=O) groups is 2. The van der Waals surface area contributed by atoms with Gasteiger partial charge < -0.3 is 10.6 Å². The molecule has 0 fully saturated rings. The zero-order valence-electron chi connectivity index (χ0n) is 15.9. The molecule has 4 rings (SSSR count). The third-order valence-electron chi connectivity index (χ3n) is 4.41. The summed E-state index contributed by atoms with van der Waals surface area (Å²) in [5.74, 6) is -1.43. The summed E-state index contributed by atoms with van der Waals surface area (Å²) in [6.07, 6.45) is 2.68. The highest BCUT2D eigenvalue weighted by Gasteiger charge is 2.16. The molecule has 0 radical (unpaired) electrons. The van der Waals surface area contributed by atoms with Crippen LogP contribution in [-0.4, -0.2) is 26.6 Å². The molecule has 0 saturated carbocycles. The van der Waals surface area contributed by atoms with Crippen LogP contribution < -0.4 is 10.6 Å². The highest BCUT2D eigenvalue weighted by atomic mass is 79.9. The Balaban J connectivity index is 1.54. The molecule has 154 valence electrons. The number of rotatable bonds is 5. The molecule has 0 atom stereocenters. The van der Waals surface area contributed by atoms with Crippen molar-refractivity contribution in [1.82, 2.24) is 14.8 Å². The lowest BCUT2D eigenvalue weighted by atomic mass is 10.1. The topological polar surface area (TPSA) is 88.9 Å². The summed E-state index contributed by atoms with van der Waals surface area (Å²) in [7, 11) is 0. The standard InChI is InChI=1S/C22H15BrFN5O2/c23-17-7-3-1-5-15(17)21(30)28-19-8-4-2-6-16(19)22(31)27-14-9-10-20(18(24)11-14)29-13-25-12-26-29/h1-13H,(H,27,31)(H,28,30). The highest BCUT2D eigenvalue weighted by Crippen LogP contribution is 2.22. The van der Waals surface area contributed by atoms with Gasteiger partial charge in [0.2, 0.25) is 0 Å². The second-order valence-electron chi connectivity index (χ2n) is 6.44.